The summed E-state index contributed by atoms with van der Waals surface area (Å²) in [5.41, 5.74) is 1.78. The Kier molecular flexibility index (Phi) is 2.87. The van der Waals surface area contributed by atoms with Crippen LogP contribution in [0.3, 0.4) is 0 Å². The normalized spacial score (nSPS) is 14.4. The summed E-state index contributed by atoms with van der Waals surface area (Å²) < 4.78 is 1.17. The zero-order valence-electron chi connectivity index (χ0n) is 10.1. The third-order valence-corrected chi connectivity index (χ3v) is 4.22. The molecule has 0 spiro atoms. The van der Waals surface area contributed by atoms with E-state index in [1.165, 1.54) is 15.6 Å². The third kappa shape index (κ3) is 1.93. The van der Waals surface area contributed by atoms with Gasteiger partial charge in [-0.05, 0) is 29.9 Å². The molecule has 3 nitrogen and oxygen atoms in total. The maximum atomic E-state index is 9.14. The van der Waals surface area contributed by atoms with Crippen molar-refractivity contribution in [3.05, 3.63) is 41.5 Å². The van der Waals surface area contributed by atoms with Crippen LogP contribution < -0.4 is 0 Å². The van der Waals surface area contributed by atoms with Crippen LogP contribution in [0.4, 0.5) is 5.00 Å². The molecule has 0 radical (unpaired) electrons. The molecule has 1 aliphatic heterocycles. The lowest BCUT2D eigenvalue weighted by atomic mass is 10.0. The maximum absolute atomic E-state index is 9.14. The molecule has 19 heavy (non-hydrogen) atoms. The lowest BCUT2D eigenvalue weighted by Crippen LogP contribution is -2.00. The Labute approximate surface area is 114 Å². The molecule has 3 rings (SSSR count). The SMILES string of the molecule is N#CC1=CCCc2c(sc3ccccc23)N=C1C#N. The Morgan fingerprint density at radius 1 is 1.16 bits per heavy atom. The van der Waals surface area contributed by atoms with Crippen molar-refractivity contribution in [1.82, 2.24) is 0 Å². The fraction of sp³-hybridized carbons (Fsp3) is 0.133. The summed E-state index contributed by atoms with van der Waals surface area (Å²) in [5.74, 6) is 0. The number of rotatable bonds is 0. The second kappa shape index (κ2) is 4.68. The number of benzene rings is 1. The first-order valence-electron chi connectivity index (χ1n) is 5.93. The third-order valence-electron chi connectivity index (χ3n) is 3.11. The molecule has 4 heteroatoms. The highest BCUT2D eigenvalue weighted by molar-refractivity contribution is 7.22. The number of hydrogen-bond donors (Lipinski definition) is 0. The van der Waals surface area contributed by atoms with Gasteiger partial charge in [-0.15, -0.1) is 11.3 Å². The average Bonchev–Trinajstić information content (AvgIpc) is 2.76. The standard InChI is InChI=1S/C15H9N3S/c16-8-10-4-3-6-12-11-5-1-2-7-14(11)19-15(12)18-13(10)9-17/h1-2,4-5,7H,3,6H2. The first-order valence-corrected chi connectivity index (χ1v) is 6.75. The topological polar surface area (TPSA) is 59.9 Å². The number of allylic oxidation sites excluding steroid dienone is 2. The summed E-state index contributed by atoms with van der Waals surface area (Å²) in [5, 5.41) is 20.3. The van der Waals surface area contributed by atoms with Crippen LogP contribution in [0.25, 0.3) is 10.1 Å². The van der Waals surface area contributed by atoms with E-state index in [2.05, 4.69) is 17.1 Å². The minimum absolute atomic E-state index is 0.218. The highest BCUT2D eigenvalue weighted by Gasteiger charge is 2.16. The van der Waals surface area contributed by atoms with E-state index in [1.807, 2.05) is 24.3 Å². The molecule has 2 heterocycles. The van der Waals surface area contributed by atoms with Crippen LogP contribution in [0.1, 0.15) is 12.0 Å². The second-order valence-corrected chi connectivity index (χ2v) is 5.25. The number of fused-ring (bicyclic) bond motifs is 3. The molecule has 1 aromatic heterocycles. The number of aliphatic imine (C=N–C) groups is 1. The highest BCUT2D eigenvalue weighted by Crippen LogP contribution is 2.39. The quantitative estimate of drug-likeness (QED) is 0.723. The average molecular weight is 263 g/mol. The zero-order chi connectivity index (χ0) is 13.2. The van der Waals surface area contributed by atoms with Crippen molar-refractivity contribution >= 4 is 32.1 Å². The number of nitriles is 2. The lowest BCUT2D eigenvalue weighted by molar-refractivity contribution is 1.01. The van der Waals surface area contributed by atoms with Crippen molar-refractivity contribution in [3.63, 3.8) is 0 Å². The molecule has 2 aromatic rings. The summed E-state index contributed by atoms with van der Waals surface area (Å²) >= 11 is 1.58. The van der Waals surface area contributed by atoms with Gasteiger partial charge in [0.05, 0.1) is 5.57 Å². The van der Waals surface area contributed by atoms with Gasteiger partial charge in [0.25, 0.3) is 0 Å². The maximum Gasteiger partial charge on any atom is 0.159 e. The summed E-state index contributed by atoms with van der Waals surface area (Å²) in [7, 11) is 0. The van der Waals surface area contributed by atoms with Gasteiger partial charge in [0.2, 0.25) is 0 Å². The molecule has 0 unspecified atom stereocenters. The summed E-state index contributed by atoms with van der Waals surface area (Å²) in [6.07, 6.45) is 3.42. The smallest absolute Gasteiger partial charge is 0.159 e. The molecule has 0 amide bonds. The molecule has 0 N–H and O–H groups in total. The Morgan fingerprint density at radius 2 is 2.00 bits per heavy atom. The van der Waals surface area contributed by atoms with Crippen molar-refractivity contribution in [2.45, 2.75) is 12.8 Å². The van der Waals surface area contributed by atoms with Crippen molar-refractivity contribution in [2.75, 3.05) is 0 Å². The number of thiophene rings is 1. The van der Waals surface area contributed by atoms with Gasteiger partial charge in [-0.2, -0.15) is 10.5 Å². The molecule has 90 valence electrons. The van der Waals surface area contributed by atoms with Crippen LogP contribution in [0.5, 0.6) is 0 Å². The van der Waals surface area contributed by atoms with E-state index in [0.717, 1.165) is 17.8 Å². The molecule has 0 atom stereocenters. The van der Waals surface area contributed by atoms with Gasteiger partial charge < -0.3 is 0 Å². The molecule has 0 fully saturated rings. The van der Waals surface area contributed by atoms with Gasteiger partial charge >= 0.3 is 0 Å². The van der Waals surface area contributed by atoms with Crippen molar-refractivity contribution in [1.29, 1.82) is 10.5 Å². The monoisotopic (exact) mass is 263 g/mol. The molecule has 0 bridgehead atoms. The van der Waals surface area contributed by atoms with Crippen LogP contribution in [0.15, 0.2) is 40.9 Å². The van der Waals surface area contributed by atoms with Gasteiger partial charge in [-0.3, -0.25) is 0 Å². The number of aryl methyl sites for hydroxylation is 1. The predicted octanol–water partition coefficient (Wildman–Crippen LogP) is 3.89. The minimum atomic E-state index is 0.218. The first-order chi connectivity index (χ1) is 9.33. The highest BCUT2D eigenvalue weighted by atomic mass is 32.1. The van der Waals surface area contributed by atoms with Crippen molar-refractivity contribution in [2.24, 2.45) is 4.99 Å². The predicted molar refractivity (Wildman–Crippen MR) is 76.6 cm³/mol. The fourth-order valence-corrected chi connectivity index (χ4v) is 3.35. The minimum Gasteiger partial charge on any atom is -0.225 e. The molecule has 1 aromatic carbocycles. The number of nitrogens with zero attached hydrogens (tertiary/aromatic N) is 3. The molecule has 0 saturated carbocycles. The molecule has 1 aliphatic rings. The van der Waals surface area contributed by atoms with E-state index in [-0.39, 0.29) is 5.71 Å². The Balaban J connectivity index is 2.26. The van der Waals surface area contributed by atoms with E-state index >= 15 is 0 Å². The van der Waals surface area contributed by atoms with Gasteiger partial charge in [0, 0.05) is 4.70 Å². The van der Waals surface area contributed by atoms with E-state index in [1.54, 1.807) is 17.4 Å². The summed E-state index contributed by atoms with van der Waals surface area (Å²) in [6.45, 7) is 0. The van der Waals surface area contributed by atoms with Crippen molar-refractivity contribution < 1.29 is 0 Å². The molecule has 0 saturated heterocycles. The van der Waals surface area contributed by atoms with E-state index in [0.29, 0.717) is 5.57 Å². The van der Waals surface area contributed by atoms with Gasteiger partial charge in [-0.25, -0.2) is 4.99 Å². The van der Waals surface area contributed by atoms with Crippen molar-refractivity contribution in [3.8, 4) is 12.1 Å². The zero-order valence-corrected chi connectivity index (χ0v) is 10.9. The largest absolute Gasteiger partial charge is 0.225 e. The van der Waals surface area contributed by atoms with Crippen LogP contribution in [0.2, 0.25) is 0 Å². The summed E-state index contributed by atoms with van der Waals surface area (Å²) in [4.78, 5) is 4.39. The van der Waals surface area contributed by atoms with Gasteiger partial charge in [-0.1, -0.05) is 24.3 Å². The van der Waals surface area contributed by atoms with E-state index < -0.39 is 0 Å². The molecular formula is C15H9N3S. The Morgan fingerprint density at radius 3 is 2.79 bits per heavy atom. The van der Waals surface area contributed by atoms with E-state index in [9.17, 15) is 0 Å². The van der Waals surface area contributed by atoms with Crippen LogP contribution in [-0.4, -0.2) is 5.71 Å². The lowest BCUT2D eigenvalue weighted by Gasteiger charge is -2.04. The van der Waals surface area contributed by atoms with Crippen LogP contribution in [-0.2, 0) is 6.42 Å². The Bertz CT molecular complexity index is 797. The van der Waals surface area contributed by atoms with Gasteiger partial charge in [0.15, 0.2) is 5.71 Å². The summed E-state index contributed by atoms with van der Waals surface area (Å²) in [6, 6.07) is 12.2. The van der Waals surface area contributed by atoms with Crippen LogP contribution in [0, 0.1) is 22.7 Å². The second-order valence-electron chi connectivity index (χ2n) is 4.22. The number of hydrogen-bond acceptors (Lipinski definition) is 4. The first kappa shape index (κ1) is 11.6. The van der Waals surface area contributed by atoms with Gasteiger partial charge in [0.1, 0.15) is 17.1 Å². The Hall–Kier alpha value is -2.43. The fourth-order valence-electron chi connectivity index (χ4n) is 2.22. The van der Waals surface area contributed by atoms with E-state index in [4.69, 9.17) is 10.5 Å². The molecular weight excluding hydrogens is 254 g/mol. The van der Waals surface area contributed by atoms with Crippen LogP contribution >= 0.6 is 11.3 Å². The molecule has 0 aliphatic carbocycles.